The molecule has 0 heterocycles. The number of likely N-dealkylation sites (N-methyl/N-ethyl adjacent to an activating group) is 1. The van der Waals surface area contributed by atoms with Crippen LogP contribution in [0.3, 0.4) is 0 Å². The Bertz CT molecular complexity index is 492. The lowest BCUT2D eigenvalue weighted by atomic mass is 10.1. The van der Waals surface area contributed by atoms with Crippen LogP contribution in [0.2, 0.25) is 0 Å². The molecule has 0 aromatic heterocycles. The normalized spacial score (nSPS) is 12.8. The first kappa shape index (κ1) is 23.0. The van der Waals surface area contributed by atoms with E-state index >= 15 is 0 Å². The molecule has 1 unspecified atom stereocenters. The van der Waals surface area contributed by atoms with Crippen LogP contribution in [0.4, 0.5) is 0 Å². The number of hydrogen-bond acceptors (Lipinski definition) is 3. The van der Waals surface area contributed by atoms with Crippen LogP contribution in [0, 0.1) is 5.92 Å². The van der Waals surface area contributed by atoms with Crippen LogP contribution in [0.5, 0.6) is 5.75 Å². The largest absolute Gasteiger partial charge is 0.492 e. The maximum Gasteiger partial charge on any atom is 0.191 e. The molecule has 24 heavy (non-hydrogen) atoms. The minimum atomic E-state index is 0. The van der Waals surface area contributed by atoms with Crippen LogP contribution in [0.15, 0.2) is 29.3 Å². The molecule has 138 valence electrons. The molecular weight excluding hydrogens is 415 g/mol. The van der Waals surface area contributed by atoms with Crippen molar-refractivity contribution in [1.82, 2.24) is 15.5 Å². The fourth-order valence-electron chi connectivity index (χ4n) is 1.85. The lowest BCUT2D eigenvalue weighted by Crippen LogP contribution is -2.43. The summed E-state index contributed by atoms with van der Waals surface area (Å²) in [5, 5.41) is 6.75. The molecule has 1 atom stereocenters. The van der Waals surface area contributed by atoms with Gasteiger partial charge in [0.15, 0.2) is 5.96 Å². The summed E-state index contributed by atoms with van der Waals surface area (Å²) >= 11 is 0. The number of rotatable bonds is 8. The summed E-state index contributed by atoms with van der Waals surface area (Å²) < 4.78 is 5.77. The summed E-state index contributed by atoms with van der Waals surface area (Å²) in [5.41, 5.74) is 1.17. The highest BCUT2D eigenvalue weighted by Gasteiger charge is 2.08. The first-order chi connectivity index (χ1) is 10.9. The van der Waals surface area contributed by atoms with E-state index in [1.54, 1.807) is 7.05 Å². The van der Waals surface area contributed by atoms with E-state index in [-0.39, 0.29) is 24.0 Å². The van der Waals surface area contributed by atoms with Gasteiger partial charge >= 0.3 is 0 Å². The predicted octanol–water partition coefficient (Wildman–Crippen LogP) is 2.95. The second-order valence-corrected chi connectivity index (χ2v) is 6.40. The molecular formula is C18H33IN4O. The van der Waals surface area contributed by atoms with Crippen molar-refractivity contribution in [2.45, 2.75) is 33.4 Å². The van der Waals surface area contributed by atoms with Gasteiger partial charge in [0, 0.05) is 26.2 Å². The molecule has 0 aliphatic heterocycles. The van der Waals surface area contributed by atoms with E-state index < -0.39 is 0 Å². The zero-order valence-corrected chi connectivity index (χ0v) is 18.1. The van der Waals surface area contributed by atoms with E-state index in [0.717, 1.165) is 24.8 Å². The zero-order chi connectivity index (χ0) is 17.2. The van der Waals surface area contributed by atoms with E-state index in [1.807, 2.05) is 26.2 Å². The standard InChI is InChI=1S/C18H32N4O.HI/c1-14(2)15(3)21-18(19-4)20-13-16-8-7-9-17(12-16)23-11-10-22(5)6;/h7-9,12,14-15H,10-11,13H2,1-6H3,(H2,19,20,21);1H. The van der Waals surface area contributed by atoms with Gasteiger partial charge in [0.1, 0.15) is 12.4 Å². The quantitative estimate of drug-likeness (QED) is 0.365. The first-order valence-electron chi connectivity index (χ1n) is 8.26. The van der Waals surface area contributed by atoms with E-state index in [9.17, 15) is 0 Å². The molecule has 0 saturated carbocycles. The minimum absolute atomic E-state index is 0. The number of aliphatic imine (C=N–C) groups is 1. The smallest absolute Gasteiger partial charge is 0.191 e. The average Bonchev–Trinajstić information content (AvgIpc) is 2.51. The van der Waals surface area contributed by atoms with Gasteiger partial charge in [-0.1, -0.05) is 26.0 Å². The number of halogens is 1. The topological polar surface area (TPSA) is 48.9 Å². The molecule has 0 bridgehead atoms. The van der Waals surface area contributed by atoms with Crippen LogP contribution in [-0.4, -0.2) is 51.2 Å². The Labute approximate surface area is 164 Å². The second kappa shape index (κ2) is 12.4. The van der Waals surface area contributed by atoms with Crippen LogP contribution in [-0.2, 0) is 6.54 Å². The Morgan fingerprint density at radius 1 is 1.25 bits per heavy atom. The summed E-state index contributed by atoms with van der Waals surface area (Å²) in [7, 11) is 5.88. The molecule has 2 N–H and O–H groups in total. The fourth-order valence-corrected chi connectivity index (χ4v) is 1.85. The monoisotopic (exact) mass is 448 g/mol. The highest BCUT2D eigenvalue weighted by atomic mass is 127. The van der Waals surface area contributed by atoms with Crippen molar-refractivity contribution in [3.05, 3.63) is 29.8 Å². The first-order valence-corrected chi connectivity index (χ1v) is 8.26. The maximum absolute atomic E-state index is 5.77. The van der Waals surface area contributed by atoms with Crippen molar-refractivity contribution in [3.63, 3.8) is 0 Å². The van der Waals surface area contributed by atoms with Crippen LogP contribution < -0.4 is 15.4 Å². The number of hydrogen-bond donors (Lipinski definition) is 2. The van der Waals surface area contributed by atoms with Gasteiger partial charge in [-0.25, -0.2) is 0 Å². The van der Waals surface area contributed by atoms with Gasteiger partial charge in [0.2, 0.25) is 0 Å². The van der Waals surface area contributed by atoms with Gasteiger partial charge in [-0.15, -0.1) is 24.0 Å². The van der Waals surface area contributed by atoms with Gasteiger partial charge in [-0.2, -0.15) is 0 Å². The zero-order valence-electron chi connectivity index (χ0n) is 15.8. The summed E-state index contributed by atoms with van der Waals surface area (Å²) in [5.74, 6) is 2.29. The number of benzene rings is 1. The second-order valence-electron chi connectivity index (χ2n) is 6.40. The van der Waals surface area contributed by atoms with E-state index in [2.05, 4.69) is 53.4 Å². The molecule has 0 fully saturated rings. The van der Waals surface area contributed by atoms with Crippen LogP contribution in [0.25, 0.3) is 0 Å². The molecule has 1 aromatic rings. The Kier molecular flexibility index (Phi) is 11.8. The average molecular weight is 448 g/mol. The molecule has 1 aromatic carbocycles. The van der Waals surface area contributed by atoms with Gasteiger partial charge in [-0.05, 0) is 44.6 Å². The third-order valence-corrected chi connectivity index (χ3v) is 3.75. The van der Waals surface area contributed by atoms with Gasteiger partial charge in [0.25, 0.3) is 0 Å². The fraction of sp³-hybridized carbons (Fsp3) is 0.611. The SMILES string of the molecule is CN=C(NCc1cccc(OCCN(C)C)c1)NC(C)C(C)C.I. The number of guanidine groups is 1. The summed E-state index contributed by atoms with van der Waals surface area (Å²) in [4.78, 5) is 6.38. The molecule has 0 aliphatic carbocycles. The molecule has 0 saturated heterocycles. The number of ether oxygens (including phenoxy) is 1. The van der Waals surface area contributed by atoms with Gasteiger partial charge in [-0.3, -0.25) is 4.99 Å². The maximum atomic E-state index is 5.77. The summed E-state index contributed by atoms with van der Waals surface area (Å²) in [6.07, 6.45) is 0. The van der Waals surface area contributed by atoms with Crippen LogP contribution in [0.1, 0.15) is 26.3 Å². The van der Waals surface area contributed by atoms with Crippen LogP contribution >= 0.6 is 24.0 Å². The van der Waals surface area contributed by atoms with E-state index in [4.69, 9.17) is 4.74 Å². The molecule has 0 spiro atoms. The van der Waals surface area contributed by atoms with Crippen molar-refractivity contribution in [1.29, 1.82) is 0 Å². The molecule has 0 aliphatic rings. The molecule has 6 heteroatoms. The van der Waals surface area contributed by atoms with Crippen molar-refractivity contribution in [3.8, 4) is 5.75 Å². The van der Waals surface area contributed by atoms with Crippen molar-refractivity contribution >= 4 is 29.9 Å². The molecule has 0 amide bonds. The number of nitrogens with one attached hydrogen (secondary N) is 2. The summed E-state index contributed by atoms with van der Waals surface area (Å²) in [6, 6.07) is 8.55. The van der Waals surface area contributed by atoms with Crippen molar-refractivity contribution < 1.29 is 4.74 Å². The number of nitrogens with zero attached hydrogens (tertiary/aromatic N) is 2. The Morgan fingerprint density at radius 2 is 1.96 bits per heavy atom. The summed E-state index contributed by atoms with van der Waals surface area (Å²) in [6.45, 7) is 8.87. The lowest BCUT2D eigenvalue weighted by molar-refractivity contribution is 0.261. The molecule has 0 radical (unpaired) electrons. The molecule has 5 nitrogen and oxygen atoms in total. The predicted molar refractivity (Wildman–Crippen MR) is 114 cm³/mol. The van der Waals surface area contributed by atoms with Crippen molar-refractivity contribution in [2.75, 3.05) is 34.3 Å². The van der Waals surface area contributed by atoms with E-state index in [0.29, 0.717) is 18.6 Å². The third-order valence-electron chi connectivity index (χ3n) is 3.75. The minimum Gasteiger partial charge on any atom is -0.492 e. The van der Waals surface area contributed by atoms with Gasteiger partial charge < -0.3 is 20.3 Å². The lowest BCUT2D eigenvalue weighted by Gasteiger charge is -2.20. The third kappa shape index (κ3) is 9.32. The van der Waals surface area contributed by atoms with Gasteiger partial charge in [0.05, 0.1) is 0 Å². The highest BCUT2D eigenvalue weighted by molar-refractivity contribution is 14.0. The molecule has 1 rings (SSSR count). The Balaban J connectivity index is 0.00000529. The Morgan fingerprint density at radius 3 is 2.54 bits per heavy atom. The van der Waals surface area contributed by atoms with Crippen molar-refractivity contribution in [2.24, 2.45) is 10.9 Å². The van der Waals surface area contributed by atoms with E-state index in [1.165, 1.54) is 5.56 Å². The Hall–Kier alpha value is -1.02. The highest BCUT2D eigenvalue weighted by Crippen LogP contribution is 2.13.